The maximum Gasteiger partial charge on any atom is 0.0512 e. The molecule has 0 aromatic rings. The first kappa shape index (κ1) is 21.4. The highest BCUT2D eigenvalue weighted by Gasteiger charge is 1.92. The fraction of sp³-hybridized carbons (Fsp3) is 0.550. The molecule has 1 atom stereocenters. The van der Waals surface area contributed by atoms with E-state index in [0.717, 1.165) is 44.9 Å². The molecule has 1 unspecified atom stereocenters. The van der Waals surface area contributed by atoms with E-state index >= 15 is 0 Å². The van der Waals surface area contributed by atoms with Gasteiger partial charge in [0.1, 0.15) is 0 Å². The Morgan fingerprint density at radius 1 is 0.870 bits per heavy atom. The summed E-state index contributed by atoms with van der Waals surface area (Å²) >= 11 is 0. The third-order valence-corrected chi connectivity index (χ3v) is 3.23. The van der Waals surface area contributed by atoms with Crippen molar-refractivity contribution in [3.63, 3.8) is 0 Å². The van der Waals surface area contributed by atoms with Gasteiger partial charge in [0, 0.05) is 5.97 Å². The lowest BCUT2D eigenvalue weighted by Crippen LogP contribution is -2.21. The van der Waals surface area contributed by atoms with E-state index in [1.165, 1.54) is 0 Å². The van der Waals surface area contributed by atoms with Gasteiger partial charge in [0.05, 0.1) is 6.10 Å². The number of aliphatic hydroxyl groups excluding tert-OH is 1. The van der Waals surface area contributed by atoms with Crippen LogP contribution in [-0.4, -0.2) is 17.2 Å². The molecular weight excluding hydrogens is 288 g/mol. The molecule has 0 saturated heterocycles. The van der Waals surface area contributed by atoms with E-state index in [9.17, 15) is 9.90 Å². The number of carboxylic acids is 1. The van der Waals surface area contributed by atoms with Crippen LogP contribution in [0.3, 0.4) is 0 Å². The summed E-state index contributed by atoms with van der Waals surface area (Å²) < 4.78 is 0. The highest BCUT2D eigenvalue weighted by molar-refractivity contribution is 5.64. The number of carbonyl (C=O) groups excluding carboxylic acids is 1. The second-order valence-electron chi connectivity index (χ2n) is 5.64. The molecule has 0 saturated carbocycles. The standard InChI is InChI=1S/C20H32O3/c1-19(21)17-15-13-11-9-7-5-3-2-4-6-8-10-12-14-16-18-20(22)23/h3-6,9-12,19,21H,2,7-8,13-18H2,1H3,(H,22,23)/p-1/b5-3-,6-4-,11-9-,12-10-. The van der Waals surface area contributed by atoms with Crippen molar-refractivity contribution < 1.29 is 15.0 Å². The van der Waals surface area contributed by atoms with Gasteiger partial charge in [-0.1, -0.05) is 48.6 Å². The van der Waals surface area contributed by atoms with Gasteiger partial charge < -0.3 is 15.0 Å². The lowest BCUT2D eigenvalue weighted by atomic mass is 10.1. The van der Waals surface area contributed by atoms with E-state index in [2.05, 4.69) is 42.5 Å². The average molecular weight is 319 g/mol. The molecule has 0 fully saturated rings. The van der Waals surface area contributed by atoms with Crippen molar-refractivity contribution in [2.75, 3.05) is 0 Å². The van der Waals surface area contributed by atoms with Crippen LogP contribution in [0.1, 0.15) is 64.7 Å². The molecule has 0 aromatic heterocycles. The van der Waals surface area contributed by atoms with Crippen molar-refractivity contribution in [1.82, 2.24) is 0 Å². The van der Waals surface area contributed by atoms with Gasteiger partial charge in [-0.25, -0.2) is 0 Å². The molecule has 0 spiro atoms. The van der Waals surface area contributed by atoms with Crippen LogP contribution in [0.2, 0.25) is 0 Å². The zero-order chi connectivity index (χ0) is 17.2. The minimum atomic E-state index is -0.973. The summed E-state index contributed by atoms with van der Waals surface area (Å²) in [6.45, 7) is 1.83. The smallest absolute Gasteiger partial charge is 0.0512 e. The number of hydrogen-bond acceptors (Lipinski definition) is 3. The van der Waals surface area contributed by atoms with Crippen LogP contribution in [0, 0.1) is 0 Å². The Bertz CT molecular complexity index is 390. The van der Waals surface area contributed by atoms with Gasteiger partial charge in [0.25, 0.3) is 0 Å². The Morgan fingerprint density at radius 3 is 1.74 bits per heavy atom. The normalized spacial score (nSPS) is 13.8. The summed E-state index contributed by atoms with van der Waals surface area (Å²) in [7, 11) is 0. The zero-order valence-electron chi connectivity index (χ0n) is 14.3. The largest absolute Gasteiger partial charge is 0.550 e. The topological polar surface area (TPSA) is 60.4 Å². The van der Waals surface area contributed by atoms with Gasteiger partial charge >= 0.3 is 0 Å². The summed E-state index contributed by atoms with van der Waals surface area (Å²) in [6, 6.07) is 0. The molecule has 1 N–H and O–H groups in total. The molecule has 23 heavy (non-hydrogen) atoms. The van der Waals surface area contributed by atoms with Crippen molar-refractivity contribution >= 4 is 5.97 Å². The van der Waals surface area contributed by atoms with Gasteiger partial charge in [-0.2, -0.15) is 0 Å². The summed E-state index contributed by atoms with van der Waals surface area (Å²) in [4.78, 5) is 10.2. The minimum Gasteiger partial charge on any atom is -0.550 e. The van der Waals surface area contributed by atoms with Crippen LogP contribution in [0.4, 0.5) is 0 Å². The molecular formula is C20H31O3-. The van der Waals surface area contributed by atoms with Crippen LogP contribution < -0.4 is 5.11 Å². The van der Waals surface area contributed by atoms with Crippen molar-refractivity contribution in [2.45, 2.75) is 70.8 Å². The Labute approximate surface area is 141 Å². The van der Waals surface area contributed by atoms with Crippen LogP contribution in [-0.2, 0) is 4.79 Å². The molecule has 0 heterocycles. The van der Waals surface area contributed by atoms with E-state index in [1.807, 2.05) is 13.0 Å². The number of aliphatic hydroxyl groups is 1. The maximum atomic E-state index is 10.2. The number of aliphatic carboxylic acids is 1. The number of allylic oxidation sites excluding steroid dienone is 8. The van der Waals surface area contributed by atoms with Crippen LogP contribution in [0.5, 0.6) is 0 Å². The fourth-order valence-corrected chi connectivity index (χ4v) is 1.94. The van der Waals surface area contributed by atoms with E-state index in [-0.39, 0.29) is 12.5 Å². The molecule has 3 nitrogen and oxygen atoms in total. The molecule has 0 aromatic carbocycles. The van der Waals surface area contributed by atoms with E-state index in [1.54, 1.807) is 0 Å². The summed E-state index contributed by atoms with van der Waals surface area (Å²) in [5, 5.41) is 19.3. The lowest BCUT2D eigenvalue weighted by Gasteiger charge is -1.99. The first-order valence-electron chi connectivity index (χ1n) is 8.60. The summed E-state index contributed by atoms with van der Waals surface area (Å²) in [5.74, 6) is -0.973. The highest BCUT2D eigenvalue weighted by atomic mass is 16.4. The second kappa shape index (κ2) is 16.8. The van der Waals surface area contributed by atoms with Gasteiger partial charge in [0.2, 0.25) is 0 Å². The van der Waals surface area contributed by atoms with Gasteiger partial charge in [-0.05, 0) is 64.7 Å². The average Bonchev–Trinajstić information content (AvgIpc) is 2.49. The van der Waals surface area contributed by atoms with Gasteiger partial charge in [0.15, 0.2) is 0 Å². The highest BCUT2D eigenvalue weighted by Crippen LogP contribution is 2.02. The van der Waals surface area contributed by atoms with Gasteiger partial charge in [-0.3, -0.25) is 0 Å². The third kappa shape index (κ3) is 20.4. The van der Waals surface area contributed by atoms with Crippen molar-refractivity contribution in [3.05, 3.63) is 48.6 Å². The second-order valence-corrected chi connectivity index (χ2v) is 5.64. The van der Waals surface area contributed by atoms with E-state index in [4.69, 9.17) is 5.11 Å². The first-order chi connectivity index (χ1) is 11.1. The molecule has 0 aliphatic heterocycles. The molecule has 0 radical (unpaired) electrons. The molecule has 0 amide bonds. The zero-order valence-corrected chi connectivity index (χ0v) is 14.3. The predicted octanol–water partition coefficient (Wildman–Crippen LogP) is 3.85. The number of carboxylic acid groups (broad SMARTS) is 1. The monoisotopic (exact) mass is 319 g/mol. The van der Waals surface area contributed by atoms with Gasteiger partial charge in [-0.15, -0.1) is 0 Å². The number of rotatable bonds is 14. The molecule has 0 aliphatic rings. The van der Waals surface area contributed by atoms with Crippen LogP contribution in [0.25, 0.3) is 0 Å². The first-order valence-corrected chi connectivity index (χ1v) is 8.60. The van der Waals surface area contributed by atoms with Crippen molar-refractivity contribution in [3.8, 4) is 0 Å². The Kier molecular flexibility index (Phi) is 15.6. The van der Waals surface area contributed by atoms with E-state index < -0.39 is 5.97 Å². The lowest BCUT2D eigenvalue weighted by molar-refractivity contribution is -0.305. The quantitative estimate of drug-likeness (QED) is 0.391. The fourth-order valence-electron chi connectivity index (χ4n) is 1.94. The molecule has 130 valence electrons. The Morgan fingerprint density at radius 2 is 1.30 bits per heavy atom. The van der Waals surface area contributed by atoms with Crippen LogP contribution >= 0.6 is 0 Å². The van der Waals surface area contributed by atoms with E-state index in [0.29, 0.717) is 6.42 Å². The van der Waals surface area contributed by atoms with Crippen LogP contribution in [0.15, 0.2) is 48.6 Å². The van der Waals surface area contributed by atoms with Crippen molar-refractivity contribution in [2.24, 2.45) is 0 Å². The minimum absolute atomic E-state index is 0.139. The maximum absolute atomic E-state index is 10.2. The van der Waals surface area contributed by atoms with Crippen molar-refractivity contribution in [1.29, 1.82) is 0 Å². The molecule has 0 bridgehead atoms. The molecule has 0 aliphatic carbocycles. The number of carbonyl (C=O) groups is 1. The summed E-state index contributed by atoms with van der Waals surface area (Å²) in [6.07, 6.45) is 24.1. The Balaban J connectivity index is 3.43. The SMILES string of the molecule is CC(O)CCC/C=C\C/C=C\C/C=C\C/C=C\CCCC(=O)[O-]. The number of hydrogen-bond donors (Lipinski definition) is 1. The Hall–Kier alpha value is -1.61. The molecule has 0 rings (SSSR count). The number of unbranched alkanes of at least 4 members (excludes halogenated alkanes) is 2. The molecule has 3 heteroatoms. The third-order valence-electron chi connectivity index (χ3n) is 3.23. The summed E-state index contributed by atoms with van der Waals surface area (Å²) in [5.41, 5.74) is 0. The predicted molar refractivity (Wildman–Crippen MR) is 94.8 cm³/mol.